The molecule has 0 saturated carbocycles. The number of thioether (sulfide) groups is 1. The first-order valence-corrected chi connectivity index (χ1v) is 8.71. The van der Waals surface area contributed by atoms with Gasteiger partial charge in [0.25, 0.3) is 5.91 Å². The molecule has 0 radical (unpaired) electrons. The molecule has 1 N–H and O–H groups in total. The van der Waals surface area contributed by atoms with Gasteiger partial charge in [0.05, 0.1) is 12.1 Å². The van der Waals surface area contributed by atoms with Crippen LogP contribution in [0.5, 0.6) is 0 Å². The minimum Gasteiger partial charge on any atom is -0.452 e. The van der Waals surface area contributed by atoms with E-state index in [1.54, 1.807) is 12.1 Å². The Morgan fingerprint density at radius 3 is 2.42 bits per heavy atom. The molecule has 0 aliphatic carbocycles. The van der Waals surface area contributed by atoms with Crippen LogP contribution in [-0.2, 0) is 14.3 Å². The maximum absolute atomic E-state index is 12.1. The summed E-state index contributed by atoms with van der Waals surface area (Å²) in [5.74, 6) is -1.26. The maximum Gasteiger partial charge on any atom is 0.339 e. The summed E-state index contributed by atoms with van der Waals surface area (Å²) in [4.78, 5) is 37.9. The number of ether oxygens (including phenoxy) is 1. The van der Waals surface area contributed by atoms with Gasteiger partial charge in [-0.25, -0.2) is 4.79 Å². The third-order valence-electron chi connectivity index (χ3n) is 2.97. The molecule has 0 aromatic heterocycles. The molecule has 0 heterocycles. The largest absolute Gasteiger partial charge is 0.452 e. The number of benzene rings is 1. The number of hydrogen-bond donors (Lipinski definition) is 1. The van der Waals surface area contributed by atoms with Gasteiger partial charge in [-0.1, -0.05) is 12.1 Å². The van der Waals surface area contributed by atoms with Crippen LogP contribution in [0, 0.1) is 0 Å². The van der Waals surface area contributed by atoms with Gasteiger partial charge in [-0.3, -0.25) is 9.59 Å². The fraction of sp³-hybridized carbons (Fsp3) is 0.471. The number of hydrogen-bond acceptors (Lipinski definition) is 5. The van der Waals surface area contributed by atoms with Crippen molar-refractivity contribution in [2.75, 3.05) is 26.5 Å². The fourth-order valence-corrected chi connectivity index (χ4v) is 2.48. The predicted octanol–water partition coefficient (Wildman–Crippen LogP) is 1.94. The molecule has 132 valence electrons. The second-order valence-electron chi connectivity index (χ2n) is 6.32. The molecule has 0 unspecified atom stereocenters. The van der Waals surface area contributed by atoms with E-state index in [-0.39, 0.29) is 18.0 Å². The Morgan fingerprint density at radius 2 is 1.83 bits per heavy atom. The van der Waals surface area contributed by atoms with Gasteiger partial charge in [-0.05, 0) is 39.2 Å². The number of carbonyl (C=O) groups excluding carboxylic acids is 3. The van der Waals surface area contributed by atoms with E-state index in [1.165, 1.54) is 23.7 Å². The number of amides is 2. The zero-order valence-electron chi connectivity index (χ0n) is 14.7. The minimum absolute atomic E-state index is 0.0882. The summed E-state index contributed by atoms with van der Waals surface area (Å²) < 4.78 is 5.06. The van der Waals surface area contributed by atoms with Crippen molar-refractivity contribution in [3.8, 4) is 0 Å². The van der Waals surface area contributed by atoms with Gasteiger partial charge in [0.15, 0.2) is 6.61 Å². The number of nitrogens with zero attached hydrogens (tertiary/aromatic N) is 1. The normalized spacial score (nSPS) is 10.9. The number of likely N-dealkylation sites (N-methyl/N-ethyl adjacent to an activating group) is 1. The van der Waals surface area contributed by atoms with Gasteiger partial charge in [-0.15, -0.1) is 11.8 Å². The Labute approximate surface area is 146 Å². The van der Waals surface area contributed by atoms with Gasteiger partial charge in [0.2, 0.25) is 5.91 Å². The van der Waals surface area contributed by atoms with E-state index in [0.29, 0.717) is 5.56 Å². The first-order chi connectivity index (χ1) is 11.1. The van der Waals surface area contributed by atoms with Crippen LogP contribution in [0.15, 0.2) is 29.2 Å². The van der Waals surface area contributed by atoms with Crippen molar-refractivity contribution in [1.29, 1.82) is 0 Å². The second kappa shape index (κ2) is 8.73. The lowest BCUT2D eigenvalue weighted by molar-refractivity contribution is -0.137. The van der Waals surface area contributed by atoms with E-state index in [4.69, 9.17) is 4.74 Å². The Morgan fingerprint density at radius 1 is 1.21 bits per heavy atom. The molecule has 7 heteroatoms. The summed E-state index contributed by atoms with van der Waals surface area (Å²) >= 11 is 1.43. The monoisotopic (exact) mass is 352 g/mol. The van der Waals surface area contributed by atoms with Crippen molar-refractivity contribution in [3.63, 3.8) is 0 Å². The lowest BCUT2D eigenvalue weighted by atomic mass is 10.1. The fourth-order valence-electron chi connectivity index (χ4n) is 1.89. The Balaban J connectivity index is 2.53. The number of rotatable bonds is 6. The van der Waals surface area contributed by atoms with Crippen LogP contribution in [0.1, 0.15) is 31.1 Å². The Bertz CT molecular complexity index is 611. The topological polar surface area (TPSA) is 75.7 Å². The summed E-state index contributed by atoms with van der Waals surface area (Å²) in [6.45, 7) is 5.09. The summed E-state index contributed by atoms with van der Waals surface area (Å²) in [7, 11) is 1.49. The molecule has 0 bridgehead atoms. The third-order valence-corrected chi connectivity index (χ3v) is 3.77. The molecule has 24 heavy (non-hydrogen) atoms. The van der Waals surface area contributed by atoms with Crippen LogP contribution < -0.4 is 5.32 Å². The highest BCUT2D eigenvalue weighted by molar-refractivity contribution is 7.98. The Hall–Kier alpha value is -2.02. The highest BCUT2D eigenvalue weighted by Gasteiger charge is 2.19. The van der Waals surface area contributed by atoms with E-state index >= 15 is 0 Å². The molecular weight excluding hydrogens is 328 g/mol. The zero-order valence-corrected chi connectivity index (χ0v) is 15.5. The molecular formula is C17H24N2O4S. The quantitative estimate of drug-likeness (QED) is 0.625. The molecule has 1 rings (SSSR count). The van der Waals surface area contributed by atoms with E-state index in [9.17, 15) is 14.4 Å². The average molecular weight is 352 g/mol. The van der Waals surface area contributed by atoms with Crippen LogP contribution in [0.3, 0.4) is 0 Å². The highest BCUT2D eigenvalue weighted by atomic mass is 32.2. The molecule has 0 fully saturated rings. The molecule has 0 aliphatic rings. The van der Waals surface area contributed by atoms with Gasteiger partial charge >= 0.3 is 5.97 Å². The Kier molecular flexibility index (Phi) is 7.28. The highest BCUT2D eigenvalue weighted by Crippen LogP contribution is 2.20. The van der Waals surface area contributed by atoms with Crippen molar-refractivity contribution in [1.82, 2.24) is 10.2 Å². The molecule has 6 nitrogen and oxygen atoms in total. The van der Waals surface area contributed by atoms with Crippen LogP contribution in [0.25, 0.3) is 0 Å². The molecule has 0 atom stereocenters. The van der Waals surface area contributed by atoms with Crippen LogP contribution in [-0.4, -0.2) is 54.7 Å². The average Bonchev–Trinajstić information content (AvgIpc) is 2.50. The van der Waals surface area contributed by atoms with Crippen molar-refractivity contribution in [3.05, 3.63) is 29.8 Å². The van der Waals surface area contributed by atoms with Crippen LogP contribution >= 0.6 is 11.8 Å². The zero-order chi connectivity index (χ0) is 18.3. The van der Waals surface area contributed by atoms with Crippen molar-refractivity contribution in [2.24, 2.45) is 0 Å². The van der Waals surface area contributed by atoms with Gasteiger partial charge in [0.1, 0.15) is 0 Å². The van der Waals surface area contributed by atoms with E-state index in [1.807, 2.05) is 39.2 Å². The summed E-state index contributed by atoms with van der Waals surface area (Å²) in [5, 5.41) is 2.77. The molecule has 0 spiro atoms. The lowest BCUT2D eigenvalue weighted by Gasteiger charge is -2.23. The van der Waals surface area contributed by atoms with Crippen molar-refractivity contribution in [2.45, 2.75) is 31.2 Å². The van der Waals surface area contributed by atoms with E-state index in [2.05, 4.69) is 5.32 Å². The smallest absolute Gasteiger partial charge is 0.339 e. The molecule has 2 amide bonds. The summed E-state index contributed by atoms with van der Waals surface area (Å²) in [6, 6.07) is 7.03. The molecule has 1 aromatic rings. The number of nitrogens with one attached hydrogen (secondary N) is 1. The first-order valence-electron chi connectivity index (χ1n) is 7.49. The van der Waals surface area contributed by atoms with Crippen LogP contribution in [0.4, 0.5) is 0 Å². The number of esters is 1. The van der Waals surface area contributed by atoms with Gasteiger partial charge < -0.3 is 15.0 Å². The van der Waals surface area contributed by atoms with Gasteiger partial charge in [0, 0.05) is 17.5 Å². The standard InChI is InChI=1S/C17H24N2O4S/c1-17(2,3)18-14(20)10-19(4)15(21)11-23-16(22)12-8-6-7-9-13(12)24-5/h6-9H,10-11H2,1-5H3,(H,18,20). The molecule has 0 aliphatic heterocycles. The van der Waals surface area contributed by atoms with Gasteiger partial charge in [-0.2, -0.15) is 0 Å². The lowest BCUT2D eigenvalue weighted by Crippen LogP contribution is -2.46. The maximum atomic E-state index is 12.1. The van der Waals surface area contributed by atoms with Crippen molar-refractivity contribution >= 4 is 29.5 Å². The summed E-state index contributed by atoms with van der Waals surface area (Å²) in [5.41, 5.74) is 0.0561. The second-order valence-corrected chi connectivity index (χ2v) is 7.17. The SMILES string of the molecule is CSc1ccccc1C(=O)OCC(=O)N(C)CC(=O)NC(C)(C)C. The first kappa shape index (κ1) is 20.0. The molecule has 0 saturated heterocycles. The van der Waals surface area contributed by atoms with Crippen molar-refractivity contribution < 1.29 is 19.1 Å². The third kappa shape index (κ3) is 6.62. The number of carbonyl (C=O) groups is 3. The van der Waals surface area contributed by atoms with E-state index < -0.39 is 18.5 Å². The van der Waals surface area contributed by atoms with Crippen LogP contribution in [0.2, 0.25) is 0 Å². The van der Waals surface area contributed by atoms with E-state index in [0.717, 1.165) is 4.90 Å². The minimum atomic E-state index is -0.555. The molecule has 1 aromatic carbocycles. The summed E-state index contributed by atoms with van der Waals surface area (Å²) in [6.07, 6.45) is 1.86. The predicted molar refractivity (Wildman–Crippen MR) is 94.0 cm³/mol.